The topological polar surface area (TPSA) is 71.5 Å². The Morgan fingerprint density at radius 2 is 2.00 bits per heavy atom. The first kappa shape index (κ1) is 18.7. The summed E-state index contributed by atoms with van der Waals surface area (Å²) in [6.07, 6.45) is 4.10. The van der Waals surface area contributed by atoms with Gasteiger partial charge in [-0.05, 0) is 73.0 Å². The van der Waals surface area contributed by atoms with Crippen molar-refractivity contribution < 1.29 is 14.3 Å². The fourth-order valence-electron chi connectivity index (χ4n) is 3.45. The van der Waals surface area contributed by atoms with Crippen LogP contribution in [0.15, 0.2) is 60.9 Å². The largest absolute Gasteiger partial charge is 0.455 e. The maximum atomic E-state index is 12.7. The molecule has 0 aliphatic carbocycles. The zero-order chi connectivity index (χ0) is 20.4. The van der Waals surface area contributed by atoms with Crippen molar-refractivity contribution in [3.05, 3.63) is 77.6 Å². The number of ether oxygens (including phenoxy) is 1. The average Bonchev–Trinajstić information content (AvgIpc) is 3.14. The van der Waals surface area contributed by atoms with Gasteiger partial charge in [0, 0.05) is 36.6 Å². The summed E-state index contributed by atoms with van der Waals surface area (Å²) in [7, 11) is 0. The molecule has 3 aromatic rings. The van der Waals surface area contributed by atoms with E-state index in [9.17, 15) is 9.59 Å². The highest BCUT2D eigenvalue weighted by atomic mass is 16.5. The van der Waals surface area contributed by atoms with Gasteiger partial charge in [0.15, 0.2) is 0 Å². The Kier molecular flexibility index (Phi) is 4.99. The predicted octanol–water partition coefficient (Wildman–Crippen LogP) is 4.34. The Morgan fingerprint density at radius 1 is 1.14 bits per heavy atom. The van der Waals surface area contributed by atoms with Crippen molar-refractivity contribution >= 4 is 23.2 Å². The highest BCUT2D eigenvalue weighted by molar-refractivity contribution is 6.05. The fourth-order valence-corrected chi connectivity index (χ4v) is 3.45. The molecule has 1 N–H and O–H groups in total. The van der Waals surface area contributed by atoms with E-state index in [1.165, 1.54) is 0 Å². The quantitative estimate of drug-likeness (QED) is 0.723. The van der Waals surface area contributed by atoms with E-state index in [4.69, 9.17) is 4.74 Å². The lowest BCUT2D eigenvalue weighted by Gasteiger charge is -2.15. The highest BCUT2D eigenvalue weighted by Gasteiger charge is 2.23. The second kappa shape index (κ2) is 7.75. The SMILES string of the molecule is CC(=O)N1CCc2cc(C(=O)Nc3ccc(Oc4cccnc4)c(C)c3)ccc21. The molecular weight excluding hydrogens is 366 g/mol. The van der Waals surface area contributed by atoms with Gasteiger partial charge in [0.25, 0.3) is 5.91 Å². The molecule has 2 aromatic carbocycles. The second-order valence-corrected chi connectivity index (χ2v) is 6.99. The molecular formula is C23H21N3O3. The Bertz CT molecular complexity index is 1080. The third-order valence-corrected chi connectivity index (χ3v) is 4.91. The number of rotatable bonds is 4. The fraction of sp³-hybridized carbons (Fsp3) is 0.174. The van der Waals surface area contributed by atoms with Crippen molar-refractivity contribution in [1.82, 2.24) is 4.98 Å². The summed E-state index contributed by atoms with van der Waals surface area (Å²) in [6, 6.07) is 14.6. The summed E-state index contributed by atoms with van der Waals surface area (Å²) >= 11 is 0. The molecule has 0 spiro atoms. The van der Waals surface area contributed by atoms with E-state index in [1.807, 2.05) is 43.3 Å². The van der Waals surface area contributed by atoms with Crippen LogP contribution in [0.25, 0.3) is 0 Å². The number of carbonyl (C=O) groups excluding carboxylic acids is 2. The zero-order valence-corrected chi connectivity index (χ0v) is 16.3. The Labute approximate surface area is 169 Å². The lowest BCUT2D eigenvalue weighted by molar-refractivity contribution is -0.116. The number of aromatic nitrogens is 1. The van der Waals surface area contributed by atoms with Crippen LogP contribution in [0.4, 0.5) is 11.4 Å². The molecule has 1 aliphatic rings. The number of hydrogen-bond donors (Lipinski definition) is 1. The number of hydrogen-bond acceptors (Lipinski definition) is 4. The van der Waals surface area contributed by atoms with Gasteiger partial charge in [0.2, 0.25) is 5.91 Å². The third kappa shape index (κ3) is 3.96. The zero-order valence-electron chi connectivity index (χ0n) is 16.3. The van der Waals surface area contributed by atoms with Crippen LogP contribution in [0.5, 0.6) is 11.5 Å². The van der Waals surface area contributed by atoms with Crippen molar-refractivity contribution in [1.29, 1.82) is 0 Å². The molecule has 4 rings (SSSR count). The second-order valence-electron chi connectivity index (χ2n) is 6.99. The number of benzene rings is 2. The summed E-state index contributed by atoms with van der Waals surface area (Å²) in [5.41, 5.74) is 4.07. The molecule has 6 heteroatoms. The van der Waals surface area contributed by atoms with E-state index >= 15 is 0 Å². The van der Waals surface area contributed by atoms with Gasteiger partial charge in [-0.15, -0.1) is 0 Å². The smallest absolute Gasteiger partial charge is 0.255 e. The molecule has 2 heterocycles. The normalized spacial score (nSPS) is 12.4. The van der Waals surface area contributed by atoms with E-state index in [-0.39, 0.29) is 11.8 Å². The predicted molar refractivity (Wildman–Crippen MR) is 112 cm³/mol. The van der Waals surface area contributed by atoms with Crippen molar-refractivity contribution in [3.8, 4) is 11.5 Å². The van der Waals surface area contributed by atoms with Crippen LogP contribution in [0.1, 0.15) is 28.4 Å². The molecule has 2 amide bonds. The lowest BCUT2D eigenvalue weighted by atomic mass is 10.1. The van der Waals surface area contributed by atoms with Crippen LogP contribution < -0.4 is 15.0 Å². The van der Waals surface area contributed by atoms with Gasteiger partial charge in [0.1, 0.15) is 11.5 Å². The summed E-state index contributed by atoms with van der Waals surface area (Å²) in [6.45, 7) is 4.14. The van der Waals surface area contributed by atoms with Crippen molar-refractivity contribution in [2.75, 3.05) is 16.8 Å². The van der Waals surface area contributed by atoms with Gasteiger partial charge in [0.05, 0.1) is 6.20 Å². The van der Waals surface area contributed by atoms with Crippen LogP contribution in [0.3, 0.4) is 0 Å². The maximum absolute atomic E-state index is 12.7. The van der Waals surface area contributed by atoms with E-state index in [2.05, 4.69) is 10.3 Å². The number of aryl methyl sites for hydroxylation is 1. The minimum absolute atomic E-state index is 0.0185. The molecule has 146 valence electrons. The summed E-state index contributed by atoms with van der Waals surface area (Å²) in [4.78, 5) is 30.1. The van der Waals surface area contributed by atoms with Gasteiger partial charge < -0.3 is 15.0 Å². The van der Waals surface area contributed by atoms with E-state index in [0.717, 1.165) is 23.2 Å². The van der Waals surface area contributed by atoms with Crippen LogP contribution in [-0.2, 0) is 11.2 Å². The molecule has 0 saturated carbocycles. The van der Waals surface area contributed by atoms with E-state index in [0.29, 0.717) is 29.3 Å². The third-order valence-electron chi connectivity index (χ3n) is 4.91. The lowest BCUT2D eigenvalue weighted by Crippen LogP contribution is -2.25. The minimum Gasteiger partial charge on any atom is -0.455 e. The van der Waals surface area contributed by atoms with E-state index < -0.39 is 0 Å². The minimum atomic E-state index is -0.186. The summed E-state index contributed by atoms with van der Waals surface area (Å²) < 4.78 is 5.83. The number of anilines is 2. The average molecular weight is 387 g/mol. The number of nitrogens with one attached hydrogen (secondary N) is 1. The van der Waals surface area contributed by atoms with Crippen LogP contribution in [-0.4, -0.2) is 23.3 Å². The monoisotopic (exact) mass is 387 g/mol. The van der Waals surface area contributed by atoms with Crippen molar-refractivity contribution in [3.63, 3.8) is 0 Å². The highest BCUT2D eigenvalue weighted by Crippen LogP contribution is 2.30. The van der Waals surface area contributed by atoms with Gasteiger partial charge in [-0.2, -0.15) is 0 Å². The number of pyridine rings is 1. The number of nitrogens with zero attached hydrogens (tertiary/aromatic N) is 2. The molecule has 6 nitrogen and oxygen atoms in total. The van der Waals surface area contributed by atoms with Crippen molar-refractivity contribution in [2.45, 2.75) is 20.3 Å². The van der Waals surface area contributed by atoms with Gasteiger partial charge in [-0.25, -0.2) is 0 Å². The number of fused-ring (bicyclic) bond motifs is 1. The molecule has 0 radical (unpaired) electrons. The molecule has 1 aromatic heterocycles. The Morgan fingerprint density at radius 3 is 2.72 bits per heavy atom. The Hall–Kier alpha value is -3.67. The summed E-state index contributed by atoms with van der Waals surface area (Å²) in [5, 5.41) is 2.93. The maximum Gasteiger partial charge on any atom is 0.255 e. The van der Waals surface area contributed by atoms with Gasteiger partial charge in [-0.3, -0.25) is 14.6 Å². The molecule has 0 unspecified atom stereocenters. The number of carbonyl (C=O) groups is 2. The number of amides is 2. The van der Waals surface area contributed by atoms with E-state index in [1.54, 1.807) is 36.4 Å². The molecule has 0 atom stereocenters. The van der Waals surface area contributed by atoms with Crippen LogP contribution >= 0.6 is 0 Å². The van der Waals surface area contributed by atoms with Gasteiger partial charge in [-0.1, -0.05) is 0 Å². The van der Waals surface area contributed by atoms with Crippen molar-refractivity contribution in [2.24, 2.45) is 0 Å². The first-order chi connectivity index (χ1) is 14.0. The molecule has 1 aliphatic heterocycles. The molecule has 0 saturated heterocycles. The molecule has 0 fully saturated rings. The standard InChI is InChI=1S/C23H21N3O3/c1-15-12-19(6-8-22(15)29-20-4-3-10-24-14-20)25-23(28)18-5-7-21-17(13-18)9-11-26(21)16(2)27/h3-8,10,12-14H,9,11H2,1-2H3,(H,25,28). The van der Waals surface area contributed by atoms with Crippen LogP contribution in [0, 0.1) is 6.92 Å². The first-order valence-corrected chi connectivity index (χ1v) is 9.42. The Balaban J connectivity index is 1.48. The van der Waals surface area contributed by atoms with Crippen LogP contribution in [0.2, 0.25) is 0 Å². The first-order valence-electron chi connectivity index (χ1n) is 9.42. The van der Waals surface area contributed by atoms with Gasteiger partial charge >= 0.3 is 0 Å². The summed E-state index contributed by atoms with van der Waals surface area (Å²) in [5.74, 6) is 1.20. The molecule has 29 heavy (non-hydrogen) atoms. The molecule has 0 bridgehead atoms.